The van der Waals surface area contributed by atoms with Crippen LogP contribution < -0.4 is 21.7 Å². The van der Waals surface area contributed by atoms with Gasteiger partial charge in [0.15, 0.2) is 5.84 Å². The van der Waals surface area contributed by atoms with Crippen molar-refractivity contribution in [1.82, 2.24) is 9.13 Å². The number of hydrazone groups is 1. The average molecular weight is 314 g/mol. The van der Waals surface area contributed by atoms with Crippen molar-refractivity contribution in [2.45, 2.75) is 0 Å². The predicted molar refractivity (Wildman–Crippen MR) is 91.1 cm³/mol. The molecule has 0 radical (unpaired) electrons. The maximum absolute atomic E-state index is 12.1. The van der Waals surface area contributed by atoms with Crippen LogP contribution in [0.1, 0.15) is 0 Å². The van der Waals surface area contributed by atoms with Crippen LogP contribution in [0.15, 0.2) is 22.0 Å². The Bertz CT molecular complexity index is 909. The van der Waals surface area contributed by atoms with Gasteiger partial charge in [0.1, 0.15) is 6.07 Å². The van der Waals surface area contributed by atoms with Gasteiger partial charge in [-0.3, -0.25) is 20.0 Å². The molecule has 4 N–H and O–H groups in total. The molecule has 0 spiro atoms. The minimum Gasteiger partial charge on any atom is -0.382 e. The molecular weight excluding hydrogens is 296 g/mol. The molecule has 0 fully saturated rings. The zero-order chi connectivity index (χ0) is 17.3. The van der Waals surface area contributed by atoms with E-state index < -0.39 is 5.84 Å². The number of aryl methyl sites for hydroxylation is 2. The highest BCUT2D eigenvalue weighted by molar-refractivity contribution is 6.45. The number of nitrogens with two attached hydrogens (primary N) is 1. The lowest BCUT2D eigenvalue weighted by atomic mass is 10.2. The fourth-order valence-corrected chi connectivity index (χ4v) is 2.26. The lowest BCUT2D eigenvalue weighted by Crippen LogP contribution is -2.22. The second kappa shape index (κ2) is 5.84. The largest absolute Gasteiger partial charge is 0.382 e. The van der Waals surface area contributed by atoms with Crippen molar-refractivity contribution in [3.8, 4) is 6.07 Å². The SMILES string of the molecule is CN(C)c1cc2c(cc1N/N=C(\C#N)C(=N)N)n(C)c(=O)n2C. The first-order valence-corrected chi connectivity index (χ1v) is 6.73. The Kier molecular flexibility index (Phi) is 4.09. The summed E-state index contributed by atoms with van der Waals surface area (Å²) in [6.07, 6.45) is 0. The molecule has 1 aromatic carbocycles. The van der Waals surface area contributed by atoms with Gasteiger partial charge in [-0.05, 0) is 12.1 Å². The van der Waals surface area contributed by atoms with Crippen LogP contribution in [0.2, 0.25) is 0 Å². The number of amidine groups is 1. The number of aromatic nitrogens is 2. The summed E-state index contributed by atoms with van der Waals surface area (Å²) in [4.78, 5) is 13.9. The maximum atomic E-state index is 12.1. The summed E-state index contributed by atoms with van der Waals surface area (Å²) < 4.78 is 3.09. The molecule has 0 aliphatic heterocycles. The predicted octanol–water partition coefficient (Wildman–Crippen LogP) is 0.170. The van der Waals surface area contributed by atoms with Crippen LogP contribution in [0.3, 0.4) is 0 Å². The van der Waals surface area contributed by atoms with Crippen molar-refractivity contribution in [1.29, 1.82) is 10.7 Å². The molecule has 2 rings (SSSR count). The van der Waals surface area contributed by atoms with Gasteiger partial charge in [0.05, 0.1) is 22.4 Å². The summed E-state index contributed by atoms with van der Waals surface area (Å²) in [5.74, 6) is -0.417. The molecule has 9 heteroatoms. The van der Waals surface area contributed by atoms with E-state index in [0.717, 1.165) is 16.7 Å². The van der Waals surface area contributed by atoms with E-state index in [0.29, 0.717) is 5.69 Å². The van der Waals surface area contributed by atoms with Crippen molar-refractivity contribution < 1.29 is 0 Å². The van der Waals surface area contributed by atoms with Crippen LogP contribution in [0, 0.1) is 16.7 Å². The highest BCUT2D eigenvalue weighted by Gasteiger charge is 2.14. The van der Waals surface area contributed by atoms with Crippen LogP contribution in [-0.4, -0.2) is 34.8 Å². The molecule has 0 saturated heterocycles. The van der Waals surface area contributed by atoms with E-state index in [9.17, 15) is 4.79 Å². The molecule has 0 unspecified atom stereocenters. The molecule has 2 aromatic rings. The number of nitrogens with zero attached hydrogens (tertiary/aromatic N) is 5. The zero-order valence-corrected chi connectivity index (χ0v) is 13.4. The first-order valence-electron chi connectivity index (χ1n) is 6.73. The Balaban J connectivity index is 2.65. The first-order chi connectivity index (χ1) is 10.8. The summed E-state index contributed by atoms with van der Waals surface area (Å²) in [5.41, 5.74) is 10.6. The molecule has 1 heterocycles. The number of rotatable bonds is 4. The van der Waals surface area contributed by atoms with E-state index >= 15 is 0 Å². The fourth-order valence-electron chi connectivity index (χ4n) is 2.26. The smallest absolute Gasteiger partial charge is 0.328 e. The van der Waals surface area contributed by atoms with Crippen LogP contribution in [0.4, 0.5) is 11.4 Å². The number of hydrogen-bond donors (Lipinski definition) is 3. The van der Waals surface area contributed by atoms with Crippen molar-refractivity contribution >= 4 is 34.0 Å². The van der Waals surface area contributed by atoms with Gasteiger partial charge in [0, 0.05) is 28.2 Å². The van der Waals surface area contributed by atoms with Crippen LogP contribution in [-0.2, 0) is 14.1 Å². The Labute approximate surface area is 132 Å². The highest BCUT2D eigenvalue weighted by atomic mass is 16.1. The Morgan fingerprint density at radius 3 is 2.39 bits per heavy atom. The van der Waals surface area contributed by atoms with Gasteiger partial charge in [-0.1, -0.05) is 0 Å². The van der Waals surface area contributed by atoms with Gasteiger partial charge < -0.3 is 10.6 Å². The van der Waals surface area contributed by atoms with Gasteiger partial charge in [0.2, 0.25) is 5.71 Å². The van der Waals surface area contributed by atoms with Gasteiger partial charge in [-0.2, -0.15) is 10.4 Å². The Morgan fingerprint density at radius 2 is 1.91 bits per heavy atom. The summed E-state index contributed by atoms with van der Waals surface area (Å²) >= 11 is 0. The second-order valence-corrected chi connectivity index (χ2v) is 5.25. The third-order valence-electron chi connectivity index (χ3n) is 3.52. The summed E-state index contributed by atoms with van der Waals surface area (Å²) in [5, 5.41) is 20.0. The first kappa shape index (κ1) is 16.1. The Morgan fingerprint density at radius 1 is 1.35 bits per heavy atom. The average Bonchev–Trinajstić information content (AvgIpc) is 2.71. The molecular formula is C14H18N8O. The molecule has 23 heavy (non-hydrogen) atoms. The lowest BCUT2D eigenvalue weighted by molar-refractivity contribution is 0.795. The molecule has 0 bridgehead atoms. The van der Waals surface area contributed by atoms with Gasteiger partial charge in [0.25, 0.3) is 0 Å². The van der Waals surface area contributed by atoms with Crippen LogP contribution in [0.25, 0.3) is 11.0 Å². The molecule has 0 aliphatic rings. The molecule has 9 nitrogen and oxygen atoms in total. The van der Waals surface area contributed by atoms with E-state index in [1.807, 2.05) is 25.1 Å². The van der Waals surface area contributed by atoms with Crippen LogP contribution >= 0.6 is 0 Å². The maximum Gasteiger partial charge on any atom is 0.328 e. The number of nitrogens with one attached hydrogen (secondary N) is 2. The van der Waals surface area contributed by atoms with Crippen LogP contribution in [0.5, 0.6) is 0 Å². The number of imidazole rings is 1. The van der Waals surface area contributed by atoms with E-state index in [-0.39, 0.29) is 11.4 Å². The number of nitriles is 1. The summed E-state index contributed by atoms with van der Waals surface area (Å²) in [6, 6.07) is 5.37. The molecule has 0 amide bonds. The lowest BCUT2D eigenvalue weighted by Gasteiger charge is -2.17. The number of fused-ring (bicyclic) bond motifs is 1. The highest BCUT2D eigenvalue weighted by Crippen LogP contribution is 2.29. The topological polar surface area (TPSA) is 128 Å². The fraction of sp³-hybridized carbons (Fsp3) is 0.286. The number of benzene rings is 1. The molecule has 0 atom stereocenters. The van der Waals surface area contributed by atoms with Gasteiger partial charge >= 0.3 is 5.69 Å². The van der Waals surface area contributed by atoms with E-state index in [1.54, 1.807) is 30.8 Å². The molecule has 0 saturated carbocycles. The van der Waals surface area contributed by atoms with E-state index in [1.165, 1.54) is 4.57 Å². The number of hydrogen-bond acceptors (Lipinski definition) is 6. The quantitative estimate of drug-likeness (QED) is 0.421. The summed E-state index contributed by atoms with van der Waals surface area (Å²) in [7, 11) is 7.10. The molecule has 120 valence electrons. The second-order valence-electron chi connectivity index (χ2n) is 5.25. The van der Waals surface area contributed by atoms with Crippen molar-refractivity contribution in [2.24, 2.45) is 24.9 Å². The minimum absolute atomic E-state index is 0.133. The molecule has 1 aromatic heterocycles. The monoisotopic (exact) mass is 314 g/mol. The summed E-state index contributed by atoms with van der Waals surface area (Å²) in [6.45, 7) is 0. The minimum atomic E-state index is -0.417. The van der Waals surface area contributed by atoms with Crippen molar-refractivity contribution in [2.75, 3.05) is 24.4 Å². The third kappa shape index (κ3) is 2.74. The van der Waals surface area contributed by atoms with Gasteiger partial charge in [-0.25, -0.2) is 4.79 Å². The number of anilines is 2. The molecule has 0 aliphatic carbocycles. The standard InChI is InChI=1S/C14H18N8O/c1-20(2)10-6-12-11(21(3)14(23)22(12)4)5-8(10)18-19-9(7-15)13(16)17/h5-6,18H,1-4H3,(H3,16,17)/b19-9+. The van der Waals surface area contributed by atoms with Gasteiger partial charge in [-0.15, -0.1) is 0 Å². The zero-order valence-electron chi connectivity index (χ0n) is 13.4. The Hall–Kier alpha value is -3.28. The van der Waals surface area contributed by atoms with Crippen molar-refractivity contribution in [3.05, 3.63) is 22.6 Å². The van der Waals surface area contributed by atoms with E-state index in [2.05, 4.69) is 10.5 Å². The third-order valence-corrected chi connectivity index (χ3v) is 3.52. The van der Waals surface area contributed by atoms with E-state index in [4.69, 9.17) is 16.4 Å². The van der Waals surface area contributed by atoms with Crippen molar-refractivity contribution in [3.63, 3.8) is 0 Å². The normalized spacial score (nSPS) is 11.3.